The maximum absolute atomic E-state index is 13.1. The molecule has 0 saturated heterocycles. The highest BCUT2D eigenvalue weighted by molar-refractivity contribution is 9.10. The number of hydrogen-bond donors (Lipinski definition) is 1. The predicted molar refractivity (Wildman–Crippen MR) is 58.0 cm³/mol. The first kappa shape index (κ1) is 12.3. The summed E-state index contributed by atoms with van der Waals surface area (Å²) in [6, 6.07) is 0. The molecule has 0 aliphatic rings. The van der Waals surface area contributed by atoms with Gasteiger partial charge in [0.2, 0.25) is 0 Å². The van der Waals surface area contributed by atoms with Gasteiger partial charge in [0.25, 0.3) is 0 Å². The maximum Gasteiger partial charge on any atom is 0.310 e. The van der Waals surface area contributed by atoms with Gasteiger partial charge >= 0.3 is 6.08 Å². The van der Waals surface area contributed by atoms with Crippen molar-refractivity contribution in [2.75, 3.05) is 11.9 Å². The van der Waals surface area contributed by atoms with Gasteiger partial charge in [-0.25, -0.2) is 9.37 Å². The van der Waals surface area contributed by atoms with Crippen LogP contribution in [0.25, 0.3) is 0 Å². The monoisotopic (exact) mass is 279 g/mol. The summed E-state index contributed by atoms with van der Waals surface area (Å²) in [5.74, 6) is 0.340. The zero-order chi connectivity index (χ0) is 11.5. The standard InChI is InChI=1S/C9H12BrF2N3/c1-9(2,12)3-4-13-7-6(10)5-14-8(11)15-7/h5H,3-4H2,1-2H3,(H,13,14,15). The van der Waals surface area contributed by atoms with Gasteiger partial charge in [0.1, 0.15) is 11.5 Å². The second-order valence-corrected chi connectivity index (χ2v) is 4.59. The highest BCUT2D eigenvalue weighted by atomic mass is 79.9. The molecule has 1 rings (SSSR count). The summed E-state index contributed by atoms with van der Waals surface area (Å²) >= 11 is 3.16. The molecule has 1 aromatic heterocycles. The molecule has 0 aliphatic heterocycles. The molecule has 0 spiro atoms. The van der Waals surface area contributed by atoms with Gasteiger partial charge in [-0.3, -0.25) is 0 Å². The van der Waals surface area contributed by atoms with E-state index in [1.54, 1.807) is 0 Å². The number of anilines is 1. The van der Waals surface area contributed by atoms with Gasteiger partial charge in [0, 0.05) is 12.7 Å². The van der Waals surface area contributed by atoms with Crippen LogP contribution >= 0.6 is 15.9 Å². The minimum atomic E-state index is -1.24. The van der Waals surface area contributed by atoms with E-state index in [2.05, 4.69) is 31.2 Å². The fraction of sp³-hybridized carbons (Fsp3) is 0.556. The molecule has 1 aromatic rings. The summed E-state index contributed by atoms with van der Waals surface area (Å²) in [6.07, 6.45) is 0.830. The van der Waals surface area contributed by atoms with Crippen molar-refractivity contribution in [2.24, 2.45) is 0 Å². The lowest BCUT2D eigenvalue weighted by Crippen LogP contribution is -2.18. The zero-order valence-electron chi connectivity index (χ0n) is 8.52. The predicted octanol–water partition coefficient (Wildman–Crippen LogP) is 2.93. The Morgan fingerprint density at radius 1 is 1.53 bits per heavy atom. The Labute approximate surface area is 95.4 Å². The SMILES string of the molecule is CC(C)(F)CCNc1nc(F)ncc1Br. The third-order valence-electron chi connectivity index (χ3n) is 1.73. The third kappa shape index (κ3) is 4.51. The molecule has 0 aliphatic carbocycles. The number of nitrogens with one attached hydrogen (secondary N) is 1. The zero-order valence-corrected chi connectivity index (χ0v) is 10.1. The second-order valence-electron chi connectivity index (χ2n) is 3.73. The van der Waals surface area contributed by atoms with Gasteiger partial charge in [0.05, 0.1) is 4.47 Å². The Morgan fingerprint density at radius 3 is 2.80 bits per heavy atom. The molecule has 84 valence electrons. The van der Waals surface area contributed by atoms with Crippen molar-refractivity contribution in [3.8, 4) is 0 Å². The molecule has 0 atom stereocenters. The Kier molecular flexibility index (Phi) is 3.96. The van der Waals surface area contributed by atoms with E-state index in [-0.39, 0.29) is 0 Å². The summed E-state index contributed by atoms with van der Waals surface area (Å²) < 4.78 is 26.3. The normalized spacial score (nSPS) is 11.5. The van der Waals surface area contributed by atoms with E-state index in [4.69, 9.17) is 0 Å². The lowest BCUT2D eigenvalue weighted by atomic mass is 10.1. The Balaban J connectivity index is 2.54. The molecule has 0 aromatic carbocycles. The first-order chi connectivity index (χ1) is 6.88. The first-order valence-corrected chi connectivity index (χ1v) is 5.28. The van der Waals surface area contributed by atoms with Crippen molar-refractivity contribution in [1.29, 1.82) is 0 Å². The van der Waals surface area contributed by atoms with Crippen LogP contribution in [0.3, 0.4) is 0 Å². The molecule has 0 unspecified atom stereocenters. The van der Waals surface area contributed by atoms with Crippen molar-refractivity contribution >= 4 is 21.7 Å². The summed E-state index contributed by atoms with van der Waals surface area (Å²) in [5, 5.41) is 2.83. The van der Waals surface area contributed by atoms with E-state index in [1.165, 1.54) is 20.0 Å². The van der Waals surface area contributed by atoms with Crippen molar-refractivity contribution in [2.45, 2.75) is 25.9 Å². The lowest BCUT2D eigenvalue weighted by molar-refractivity contribution is 0.207. The summed E-state index contributed by atoms with van der Waals surface area (Å²) in [4.78, 5) is 6.89. The number of nitrogens with zero attached hydrogens (tertiary/aromatic N) is 2. The average Bonchev–Trinajstić information content (AvgIpc) is 2.09. The van der Waals surface area contributed by atoms with Crippen LogP contribution < -0.4 is 5.32 Å². The van der Waals surface area contributed by atoms with Crippen molar-refractivity contribution in [1.82, 2.24) is 9.97 Å². The van der Waals surface area contributed by atoms with E-state index in [0.29, 0.717) is 23.3 Å². The highest BCUT2D eigenvalue weighted by Crippen LogP contribution is 2.19. The molecular formula is C9H12BrF2N3. The molecule has 3 nitrogen and oxygen atoms in total. The Morgan fingerprint density at radius 2 is 2.20 bits per heavy atom. The van der Waals surface area contributed by atoms with Gasteiger partial charge in [-0.1, -0.05) is 0 Å². The molecular weight excluding hydrogens is 268 g/mol. The van der Waals surface area contributed by atoms with Crippen LogP contribution in [-0.2, 0) is 0 Å². The van der Waals surface area contributed by atoms with Crippen LogP contribution in [-0.4, -0.2) is 22.2 Å². The van der Waals surface area contributed by atoms with Crippen LogP contribution in [0.2, 0.25) is 0 Å². The van der Waals surface area contributed by atoms with Crippen LogP contribution in [0.4, 0.5) is 14.6 Å². The van der Waals surface area contributed by atoms with Gasteiger partial charge in [-0.2, -0.15) is 9.37 Å². The molecule has 0 bridgehead atoms. The van der Waals surface area contributed by atoms with Gasteiger partial charge in [-0.15, -0.1) is 0 Å². The molecule has 0 fully saturated rings. The third-order valence-corrected chi connectivity index (χ3v) is 2.31. The number of halogens is 3. The molecule has 1 heterocycles. The summed E-state index contributed by atoms with van der Waals surface area (Å²) in [6.45, 7) is 3.37. The smallest absolute Gasteiger partial charge is 0.310 e. The second kappa shape index (κ2) is 4.83. The maximum atomic E-state index is 13.1. The molecule has 1 N–H and O–H groups in total. The van der Waals surface area contributed by atoms with E-state index in [9.17, 15) is 8.78 Å². The van der Waals surface area contributed by atoms with E-state index in [0.717, 1.165) is 0 Å². The molecule has 0 amide bonds. The van der Waals surface area contributed by atoms with Crippen LogP contribution in [0.15, 0.2) is 10.7 Å². The summed E-state index contributed by atoms with van der Waals surface area (Å²) in [5.41, 5.74) is -1.24. The highest BCUT2D eigenvalue weighted by Gasteiger charge is 2.15. The minimum absolute atomic E-state index is 0.324. The Bertz CT molecular complexity index is 339. The number of aromatic nitrogens is 2. The largest absolute Gasteiger partial charge is 0.369 e. The number of alkyl halides is 1. The molecule has 0 radical (unpaired) electrons. The number of hydrogen-bond acceptors (Lipinski definition) is 3. The average molecular weight is 280 g/mol. The van der Waals surface area contributed by atoms with E-state index in [1.807, 2.05) is 0 Å². The number of rotatable bonds is 4. The van der Waals surface area contributed by atoms with Crippen molar-refractivity contribution in [3.05, 3.63) is 16.7 Å². The molecule has 0 saturated carbocycles. The topological polar surface area (TPSA) is 37.8 Å². The fourth-order valence-electron chi connectivity index (χ4n) is 0.948. The van der Waals surface area contributed by atoms with Crippen LogP contribution in [0, 0.1) is 6.08 Å². The van der Waals surface area contributed by atoms with Crippen LogP contribution in [0.5, 0.6) is 0 Å². The quantitative estimate of drug-likeness (QED) is 0.862. The fourth-order valence-corrected chi connectivity index (χ4v) is 1.28. The Hall–Kier alpha value is -0.780. The van der Waals surface area contributed by atoms with Crippen LogP contribution in [0.1, 0.15) is 20.3 Å². The van der Waals surface area contributed by atoms with Gasteiger partial charge in [-0.05, 0) is 36.2 Å². The van der Waals surface area contributed by atoms with E-state index >= 15 is 0 Å². The van der Waals surface area contributed by atoms with Crippen molar-refractivity contribution in [3.63, 3.8) is 0 Å². The molecule has 6 heteroatoms. The van der Waals surface area contributed by atoms with E-state index < -0.39 is 11.7 Å². The van der Waals surface area contributed by atoms with Crippen molar-refractivity contribution < 1.29 is 8.78 Å². The minimum Gasteiger partial charge on any atom is -0.369 e. The first-order valence-electron chi connectivity index (χ1n) is 4.49. The molecule has 15 heavy (non-hydrogen) atoms. The van der Waals surface area contributed by atoms with Gasteiger partial charge in [0.15, 0.2) is 0 Å². The lowest BCUT2D eigenvalue weighted by Gasteiger charge is -2.14. The summed E-state index contributed by atoms with van der Waals surface area (Å²) in [7, 11) is 0. The van der Waals surface area contributed by atoms with Gasteiger partial charge < -0.3 is 5.32 Å².